The van der Waals surface area contributed by atoms with Crippen LogP contribution in [0.1, 0.15) is 91.9 Å². The highest BCUT2D eigenvalue weighted by atomic mass is 15.2. The molecule has 0 aromatic heterocycles. The summed E-state index contributed by atoms with van der Waals surface area (Å²) in [6.45, 7) is 13.2. The van der Waals surface area contributed by atoms with Crippen molar-refractivity contribution < 1.29 is 0 Å². The Morgan fingerprint density at radius 1 is 0.905 bits per heavy atom. The lowest BCUT2D eigenvalue weighted by molar-refractivity contribution is 0.0795. The molecule has 21 heavy (non-hydrogen) atoms. The maximum absolute atomic E-state index is 3.79. The van der Waals surface area contributed by atoms with Crippen molar-refractivity contribution in [1.29, 1.82) is 0 Å². The van der Waals surface area contributed by atoms with Crippen LogP contribution in [-0.4, -0.2) is 36.1 Å². The van der Waals surface area contributed by atoms with Gasteiger partial charge >= 0.3 is 0 Å². The maximum Gasteiger partial charge on any atom is 0.0306 e. The summed E-state index contributed by atoms with van der Waals surface area (Å²) in [4.78, 5) is 2.76. The summed E-state index contributed by atoms with van der Waals surface area (Å²) >= 11 is 0. The molecular weight excluding hydrogens is 256 g/mol. The number of hydrogen-bond acceptors (Lipinski definition) is 2. The molecule has 0 aliphatic carbocycles. The normalized spacial score (nSPS) is 19.4. The van der Waals surface area contributed by atoms with E-state index in [9.17, 15) is 0 Å². The average Bonchev–Trinajstić information content (AvgIpc) is 2.75. The van der Waals surface area contributed by atoms with Gasteiger partial charge in [-0.2, -0.15) is 0 Å². The number of hydrogen-bond donors (Lipinski definition) is 1. The molecule has 0 amide bonds. The van der Waals surface area contributed by atoms with Gasteiger partial charge < -0.3 is 5.32 Å². The van der Waals surface area contributed by atoms with Gasteiger partial charge in [-0.3, -0.25) is 4.90 Å². The van der Waals surface area contributed by atoms with E-state index in [1.165, 1.54) is 77.3 Å². The lowest BCUT2D eigenvalue weighted by Crippen LogP contribution is -2.58. The highest BCUT2D eigenvalue weighted by molar-refractivity contribution is 4.94. The number of rotatable bonds is 10. The van der Waals surface area contributed by atoms with E-state index in [1.54, 1.807) is 0 Å². The van der Waals surface area contributed by atoms with E-state index in [4.69, 9.17) is 0 Å². The molecule has 0 aromatic rings. The number of nitrogens with one attached hydrogen (secondary N) is 1. The minimum atomic E-state index is 0.297. The molecule has 1 N–H and O–H groups in total. The van der Waals surface area contributed by atoms with Gasteiger partial charge in [-0.05, 0) is 52.7 Å². The summed E-state index contributed by atoms with van der Waals surface area (Å²) < 4.78 is 0. The van der Waals surface area contributed by atoms with E-state index >= 15 is 0 Å². The van der Waals surface area contributed by atoms with Gasteiger partial charge in [0.05, 0.1) is 0 Å². The first-order chi connectivity index (χ1) is 10.1. The summed E-state index contributed by atoms with van der Waals surface area (Å²) in [5.41, 5.74) is 0.297. The molecular formula is C19H40N2. The summed E-state index contributed by atoms with van der Waals surface area (Å²) in [5, 5.41) is 3.79. The molecule has 0 aromatic carbocycles. The summed E-state index contributed by atoms with van der Waals surface area (Å²) in [5.74, 6) is 0. The van der Waals surface area contributed by atoms with Gasteiger partial charge in [0.2, 0.25) is 0 Å². The zero-order valence-electron chi connectivity index (χ0n) is 15.2. The fourth-order valence-corrected chi connectivity index (χ4v) is 3.77. The number of likely N-dealkylation sites (tertiary alicyclic amines) is 1. The van der Waals surface area contributed by atoms with Crippen molar-refractivity contribution in [3.8, 4) is 0 Å². The molecule has 0 radical (unpaired) electrons. The van der Waals surface area contributed by atoms with Crippen molar-refractivity contribution in [2.75, 3.05) is 19.6 Å². The Kier molecular flexibility index (Phi) is 9.59. The van der Waals surface area contributed by atoms with Gasteiger partial charge in [0, 0.05) is 11.6 Å². The molecule has 1 atom stereocenters. The van der Waals surface area contributed by atoms with Crippen LogP contribution in [0.4, 0.5) is 0 Å². The quantitative estimate of drug-likeness (QED) is 0.572. The summed E-state index contributed by atoms with van der Waals surface area (Å²) in [6.07, 6.45) is 13.9. The highest BCUT2D eigenvalue weighted by Crippen LogP contribution is 2.26. The average molecular weight is 297 g/mol. The summed E-state index contributed by atoms with van der Waals surface area (Å²) in [6, 6.07) is 0.641. The molecule has 1 fully saturated rings. The molecule has 1 unspecified atom stereocenters. The van der Waals surface area contributed by atoms with Crippen molar-refractivity contribution in [2.24, 2.45) is 0 Å². The van der Waals surface area contributed by atoms with E-state index in [-0.39, 0.29) is 0 Å². The van der Waals surface area contributed by atoms with Crippen molar-refractivity contribution in [2.45, 2.75) is 103 Å². The summed E-state index contributed by atoms with van der Waals surface area (Å²) in [7, 11) is 0. The molecule has 1 rings (SSSR count). The van der Waals surface area contributed by atoms with E-state index < -0.39 is 0 Å². The minimum Gasteiger partial charge on any atom is -0.312 e. The predicted octanol–water partition coefficient (Wildman–Crippen LogP) is 4.98. The van der Waals surface area contributed by atoms with Crippen LogP contribution in [0.2, 0.25) is 0 Å². The predicted molar refractivity (Wildman–Crippen MR) is 95.0 cm³/mol. The fraction of sp³-hybridized carbons (Fsp3) is 1.00. The first-order valence-electron chi connectivity index (χ1n) is 9.61. The second-order valence-electron chi connectivity index (χ2n) is 7.37. The second kappa shape index (κ2) is 10.6. The fourth-order valence-electron chi connectivity index (χ4n) is 3.77. The first-order valence-corrected chi connectivity index (χ1v) is 9.61. The van der Waals surface area contributed by atoms with Gasteiger partial charge in [0.15, 0.2) is 0 Å². The van der Waals surface area contributed by atoms with E-state index in [0.717, 1.165) is 6.54 Å². The van der Waals surface area contributed by atoms with Crippen LogP contribution >= 0.6 is 0 Å². The monoisotopic (exact) mass is 296 g/mol. The van der Waals surface area contributed by atoms with Crippen LogP contribution in [-0.2, 0) is 0 Å². The number of nitrogens with zero attached hydrogens (tertiary/aromatic N) is 1. The molecule has 0 bridgehead atoms. The zero-order chi connectivity index (χ0) is 15.6. The lowest BCUT2D eigenvalue weighted by Gasteiger charge is -2.44. The minimum absolute atomic E-state index is 0.297. The van der Waals surface area contributed by atoms with Crippen LogP contribution in [0, 0.1) is 0 Å². The third-order valence-corrected chi connectivity index (χ3v) is 5.32. The lowest BCUT2D eigenvalue weighted by atomic mass is 9.87. The van der Waals surface area contributed by atoms with Crippen molar-refractivity contribution in [1.82, 2.24) is 10.2 Å². The molecule has 0 spiro atoms. The van der Waals surface area contributed by atoms with Crippen LogP contribution in [0.25, 0.3) is 0 Å². The smallest absolute Gasteiger partial charge is 0.0306 e. The molecule has 1 heterocycles. The second-order valence-corrected chi connectivity index (χ2v) is 7.37. The van der Waals surface area contributed by atoms with E-state index in [1.807, 2.05) is 0 Å². The van der Waals surface area contributed by atoms with Crippen molar-refractivity contribution in [3.05, 3.63) is 0 Å². The molecule has 2 nitrogen and oxygen atoms in total. The Bertz CT molecular complexity index is 242. The largest absolute Gasteiger partial charge is 0.312 e. The van der Waals surface area contributed by atoms with Crippen LogP contribution < -0.4 is 5.32 Å². The van der Waals surface area contributed by atoms with Crippen molar-refractivity contribution in [3.63, 3.8) is 0 Å². The molecule has 2 heteroatoms. The molecule has 1 saturated heterocycles. The molecule has 0 saturated carbocycles. The van der Waals surface area contributed by atoms with Gasteiger partial charge in [-0.1, -0.05) is 58.8 Å². The Morgan fingerprint density at radius 3 is 2.10 bits per heavy atom. The van der Waals surface area contributed by atoms with Gasteiger partial charge in [-0.25, -0.2) is 0 Å². The van der Waals surface area contributed by atoms with Gasteiger partial charge in [-0.15, -0.1) is 0 Å². The molecule has 126 valence electrons. The molecule has 1 aliphatic rings. The topological polar surface area (TPSA) is 15.3 Å². The number of unbranched alkanes of at least 4 members (excludes halogenated alkanes) is 4. The first kappa shape index (κ1) is 19.0. The Labute approximate surface area is 134 Å². The SMILES string of the molecule is CCCCCCCC(NCC)C(C)(C)N1CCCCCC1. The van der Waals surface area contributed by atoms with Crippen LogP contribution in [0.15, 0.2) is 0 Å². The third kappa shape index (κ3) is 6.69. The van der Waals surface area contributed by atoms with Crippen LogP contribution in [0.3, 0.4) is 0 Å². The van der Waals surface area contributed by atoms with Crippen LogP contribution in [0.5, 0.6) is 0 Å². The third-order valence-electron chi connectivity index (χ3n) is 5.32. The standard InChI is InChI=1S/C19H40N2/c1-5-7-8-9-12-15-18(20-6-2)19(3,4)21-16-13-10-11-14-17-21/h18,20H,5-17H2,1-4H3. The van der Waals surface area contributed by atoms with Crippen molar-refractivity contribution >= 4 is 0 Å². The van der Waals surface area contributed by atoms with E-state index in [2.05, 4.69) is 37.9 Å². The Morgan fingerprint density at radius 2 is 1.52 bits per heavy atom. The zero-order valence-corrected chi connectivity index (χ0v) is 15.2. The van der Waals surface area contributed by atoms with E-state index in [0.29, 0.717) is 11.6 Å². The van der Waals surface area contributed by atoms with Gasteiger partial charge in [0.25, 0.3) is 0 Å². The maximum atomic E-state index is 3.79. The van der Waals surface area contributed by atoms with Gasteiger partial charge in [0.1, 0.15) is 0 Å². The Balaban J connectivity index is 2.50. The highest BCUT2D eigenvalue weighted by Gasteiger charge is 2.34. The Hall–Kier alpha value is -0.0800. The number of likely N-dealkylation sites (N-methyl/N-ethyl adjacent to an activating group) is 1. The molecule has 1 aliphatic heterocycles.